The fraction of sp³-hybridized carbons (Fsp3) is 0.467. The van der Waals surface area contributed by atoms with Crippen molar-refractivity contribution >= 4 is 17.4 Å². The Kier molecular flexibility index (Phi) is 3.89. The highest BCUT2D eigenvalue weighted by Crippen LogP contribution is 2.33. The fourth-order valence-corrected chi connectivity index (χ4v) is 2.88. The standard InChI is InChI=1S/C15H21N7O/c1-15(2,13-18-20-21-19-13)17-14(23)16-11-8-4-6-10-7-5-9-22(3)12(10)11/h4,6,8H,5,7,9H2,1-3H3,(H2,16,17,23)(H,18,19,20,21). The quantitative estimate of drug-likeness (QED) is 0.799. The highest BCUT2D eigenvalue weighted by molar-refractivity contribution is 5.94. The van der Waals surface area contributed by atoms with Gasteiger partial charge in [0.25, 0.3) is 0 Å². The van der Waals surface area contributed by atoms with E-state index in [1.165, 1.54) is 5.56 Å². The number of carbonyl (C=O) groups excluding carboxylic acids is 1. The Bertz CT molecular complexity index is 696. The number of fused-ring (bicyclic) bond motifs is 1. The minimum atomic E-state index is -0.724. The van der Waals surface area contributed by atoms with Gasteiger partial charge < -0.3 is 15.5 Å². The number of tetrazole rings is 1. The summed E-state index contributed by atoms with van der Waals surface area (Å²) in [6.07, 6.45) is 2.16. The van der Waals surface area contributed by atoms with E-state index in [0.717, 1.165) is 30.8 Å². The predicted molar refractivity (Wildman–Crippen MR) is 87.4 cm³/mol. The van der Waals surface area contributed by atoms with Crippen LogP contribution >= 0.6 is 0 Å². The smallest absolute Gasteiger partial charge is 0.320 e. The average molecular weight is 315 g/mol. The number of carbonyl (C=O) groups is 1. The number of benzene rings is 1. The average Bonchev–Trinajstić information content (AvgIpc) is 3.02. The van der Waals surface area contributed by atoms with E-state index in [9.17, 15) is 4.79 Å². The van der Waals surface area contributed by atoms with Crippen LogP contribution in [0, 0.1) is 0 Å². The first-order valence-corrected chi connectivity index (χ1v) is 7.63. The molecular weight excluding hydrogens is 294 g/mol. The van der Waals surface area contributed by atoms with E-state index >= 15 is 0 Å². The molecule has 0 atom stereocenters. The third-order valence-electron chi connectivity index (χ3n) is 4.02. The number of anilines is 2. The topological polar surface area (TPSA) is 98.8 Å². The van der Waals surface area contributed by atoms with Crippen LogP contribution in [0.25, 0.3) is 0 Å². The summed E-state index contributed by atoms with van der Waals surface area (Å²) in [5.74, 6) is 0.430. The zero-order chi connectivity index (χ0) is 16.4. The first-order valence-electron chi connectivity index (χ1n) is 7.63. The second-order valence-corrected chi connectivity index (χ2v) is 6.28. The van der Waals surface area contributed by atoms with E-state index < -0.39 is 5.54 Å². The lowest BCUT2D eigenvalue weighted by Crippen LogP contribution is -2.44. The molecule has 1 aliphatic rings. The van der Waals surface area contributed by atoms with Crippen molar-refractivity contribution < 1.29 is 4.79 Å². The molecule has 3 N–H and O–H groups in total. The maximum atomic E-state index is 12.4. The van der Waals surface area contributed by atoms with E-state index in [1.807, 2.05) is 33.0 Å². The van der Waals surface area contributed by atoms with Gasteiger partial charge in [-0.15, -0.1) is 10.2 Å². The number of para-hydroxylation sites is 1. The molecule has 23 heavy (non-hydrogen) atoms. The van der Waals surface area contributed by atoms with E-state index in [2.05, 4.69) is 42.2 Å². The zero-order valence-electron chi connectivity index (χ0n) is 13.6. The molecule has 3 rings (SSSR count). The largest absolute Gasteiger partial charge is 0.373 e. The summed E-state index contributed by atoms with van der Waals surface area (Å²) in [4.78, 5) is 14.6. The lowest BCUT2D eigenvalue weighted by atomic mass is 10.0. The molecular formula is C15H21N7O. The van der Waals surface area contributed by atoms with Crippen LogP contribution in [0.5, 0.6) is 0 Å². The lowest BCUT2D eigenvalue weighted by Gasteiger charge is -2.30. The first kappa shape index (κ1) is 15.3. The molecule has 1 aromatic carbocycles. The van der Waals surface area contributed by atoms with Crippen molar-refractivity contribution in [3.05, 3.63) is 29.6 Å². The van der Waals surface area contributed by atoms with Crippen LogP contribution in [-0.2, 0) is 12.0 Å². The van der Waals surface area contributed by atoms with E-state index in [0.29, 0.717) is 5.82 Å². The van der Waals surface area contributed by atoms with Crippen molar-refractivity contribution in [3.63, 3.8) is 0 Å². The van der Waals surface area contributed by atoms with Crippen molar-refractivity contribution in [2.24, 2.45) is 0 Å². The fourth-order valence-electron chi connectivity index (χ4n) is 2.88. The van der Waals surface area contributed by atoms with E-state index in [4.69, 9.17) is 0 Å². The molecule has 0 fully saturated rings. The van der Waals surface area contributed by atoms with Gasteiger partial charge in [-0.05, 0) is 38.3 Å². The second-order valence-electron chi connectivity index (χ2n) is 6.28. The molecule has 0 saturated carbocycles. The van der Waals surface area contributed by atoms with E-state index in [1.54, 1.807) is 0 Å². The van der Waals surface area contributed by atoms with Gasteiger partial charge in [-0.2, -0.15) is 5.21 Å². The molecule has 1 aromatic heterocycles. The van der Waals surface area contributed by atoms with Gasteiger partial charge in [0.1, 0.15) is 0 Å². The maximum absolute atomic E-state index is 12.4. The summed E-state index contributed by atoms with van der Waals surface area (Å²) in [6, 6.07) is 5.70. The number of rotatable bonds is 3. The Hall–Kier alpha value is -2.64. The number of hydrogen-bond acceptors (Lipinski definition) is 5. The summed E-state index contributed by atoms with van der Waals surface area (Å²) < 4.78 is 0. The number of H-pyrrole nitrogens is 1. The minimum Gasteiger partial charge on any atom is -0.373 e. The molecule has 2 heterocycles. The maximum Gasteiger partial charge on any atom is 0.320 e. The number of aryl methyl sites for hydroxylation is 1. The van der Waals surface area contributed by atoms with Crippen LogP contribution in [0.4, 0.5) is 16.2 Å². The Morgan fingerprint density at radius 2 is 2.22 bits per heavy atom. The van der Waals surface area contributed by atoms with Gasteiger partial charge >= 0.3 is 6.03 Å². The monoisotopic (exact) mass is 315 g/mol. The Labute approximate surface area is 134 Å². The van der Waals surface area contributed by atoms with Crippen LogP contribution in [0.3, 0.4) is 0 Å². The normalized spacial score (nSPS) is 14.3. The molecule has 1 aliphatic heterocycles. The molecule has 0 unspecified atom stereocenters. The van der Waals surface area contributed by atoms with Crippen LogP contribution in [0.2, 0.25) is 0 Å². The molecule has 0 spiro atoms. The van der Waals surface area contributed by atoms with Crippen molar-refractivity contribution in [1.82, 2.24) is 25.9 Å². The third-order valence-corrected chi connectivity index (χ3v) is 4.02. The molecule has 0 aliphatic carbocycles. The second kappa shape index (κ2) is 5.86. The van der Waals surface area contributed by atoms with Crippen LogP contribution < -0.4 is 15.5 Å². The minimum absolute atomic E-state index is 0.299. The molecule has 0 radical (unpaired) electrons. The van der Waals surface area contributed by atoms with Gasteiger partial charge in [0, 0.05) is 13.6 Å². The highest BCUT2D eigenvalue weighted by atomic mass is 16.2. The van der Waals surface area contributed by atoms with Gasteiger partial charge in [-0.25, -0.2) is 4.79 Å². The first-order chi connectivity index (χ1) is 11.0. The lowest BCUT2D eigenvalue weighted by molar-refractivity contribution is 0.240. The number of aromatic amines is 1. The number of urea groups is 1. The highest BCUT2D eigenvalue weighted by Gasteiger charge is 2.28. The van der Waals surface area contributed by atoms with Crippen LogP contribution in [0.1, 0.15) is 31.7 Å². The summed E-state index contributed by atoms with van der Waals surface area (Å²) in [5, 5.41) is 19.6. The summed E-state index contributed by atoms with van der Waals surface area (Å²) in [5.41, 5.74) is 2.43. The number of hydrogen-bond donors (Lipinski definition) is 3. The SMILES string of the molecule is CN1CCCc2cccc(NC(=O)NC(C)(C)c3nn[nH]n3)c21. The Morgan fingerprint density at radius 1 is 1.39 bits per heavy atom. The van der Waals surface area contributed by atoms with E-state index in [-0.39, 0.29) is 6.03 Å². The summed E-state index contributed by atoms with van der Waals surface area (Å²) >= 11 is 0. The molecule has 0 bridgehead atoms. The van der Waals surface area contributed by atoms with Crippen molar-refractivity contribution in [1.29, 1.82) is 0 Å². The molecule has 122 valence electrons. The molecule has 8 nitrogen and oxygen atoms in total. The molecule has 2 aromatic rings. The Morgan fingerprint density at radius 3 is 2.96 bits per heavy atom. The number of aromatic nitrogens is 4. The number of nitrogens with one attached hydrogen (secondary N) is 3. The number of nitrogens with zero attached hydrogens (tertiary/aromatic N) is 4. The molecule has 8 heteroatoms. The predicted octanol–water partition coefficient (Wildman–Crippen LogP) is 1.64. The molecule has 2 amide bonds. The van der Waals surface area contributed by atoms with Gasteiger partial charge in [0.2, 0.25) is 0 Å². The Balaban J connectivity index is 1.76. The zero-order valence-corrected chi connectivity index (χ0v) is 13.6. The van der Waals surface area contributed by atoms with Gasteiger partial charge in [0.05, 0.1) is 16.9 Å². The van der Waals surface area contributed by atoms with Gasteiger partial charge in [-0.3, -0.25) is 0 Å². The summed E-state index contributed by atoms with van der Waals surface area (Å²) in [6.45, 7) is 4.63. The third kappa shape index (κ3) is 3.10. The number of amides is 2. The summed E-state index contributed by atoms with van der Waals surface area (Å²) in [7, 11) is 2.05. The van der Waals surface area contributed by atoms with Crippen LogP contribution in [0.15, 0.2) is 18.2 Å². The molecule has 0 saturated heterocycles. The van der Waals surface area contributed by atoms with Crippen molar-refractivity contribution in [2.75, 3.05) is 23.8 Å². The van der Waals surface area contributed by atoms with Crippen molar-refractivity contribution in [2.45, 2.75) is 32.2 Å². The van der Waals surface area contributed by atoms with Crippen LogP contribution in [-0.4, -0.2) is 40.2 Å². The van der Waals surface area contributed by atoms with Gasteiger partial charge in [-0.1, -0.05) is 17.3 Å². The van der Waals surface area contributed by atoms with Crippen molar-refractivity contribution in [3.8, 4) is 0 Å². The van der Waals surface area contributed by atoms with Gasteiger partial charge in [0.15, 0.2) is 5.82 Å².